The quantitative estimate of drug-likeness (QED) is 0.426. The van der Waals surface area contributed by atoms with Gasteiger partial charge < -0.3 is 9.47 Å². The number of hydrogen-bond donors (Lipinski definition) is 0. The van der Waals surface area contributed by atoms with Crippen LogP contribution < -0.4 is 9.64 Å². The van der Waals surface area contributed by atoms with Crippen molar-refractivity contribution >= 4 is 40.9 Å². The highest BCUT2D eigenvalue weighted by Gasteiger charge is 2.25. The van der Waals surface area contributed by atoms with Crippen molar-refractivity contribution in [1.82, 2.24) is 0 Å². The maximum atomic E-state index is 12.3. The van der Waals surface area contributed by atoms with Gasteiger partial charge in [-0.05, 0) is 36.4 Å². The molecule has 0 atom stereocenters. The lowest BCUT2D eigenvalue weighted by atomic mass is 10.2. The van der Waals surface area contributed by atoms with Gasteiger partial charge in [0, 0.05) is 15.7 Å². The number of halogens is 1. The lowest BCUT2D eigenvalue weighted by molar-refractivity contribution is -0.142. The number of fused-ring (bicyclic) bond motifs is 1. The van der Waals surface area contributed by atoms with Crippen LogP contribution in [0, 0.1) is 0 Å². The summed E-state index contributed by atoms with van der Waals surface area (Å²) < 4.78 is 10.8. The molecule has 0 bridgehead atoms. The van der Waals surface area contributed by atoms with Crippen LogP contribution >= 0.6 is 23.4 Å². The number of anilines is 1. The number of esters is 1. The van der Waals surface area contributed by atoms with Gasteiger partial charge in [-0.2, -0.15) is 0 Å². The lowest BCUT2D eigenvalue weighted by Crippen LogP contribution is -2.36. The Morgan fingerprint density at radius 2 is 1.96 bits per heavy atom. The fraction of sp³-hybridized carbons (Fsp3) is 0.263. The minimum atomic E-state index is -0.438. The van der Waals surface area contributed by atoms with Crippen LogP contribution in [-0.2, 0) is 14.3 Å². The number of ether oxygens (including phenoxy) is 2. The number of amides is 1. The van der Waals surface area contributed by atoms with Gasteiger partial charge >= 0.3 is 5.97 Å². The third-order valence-corrected chi connectivity index (χ3v) is 4.97. The average Bonchev–Trinajstić information content (AvgIpc) is 2.80. The molecule has 1 aliphatic rings. The summed E-state index contributed by atoms with van der Waals surface area (Å²) in [5.74, 6) is 0.639. The highest BCUT2D eigenvalue weighted by molar-refractivity contribution is 7.99. The molecule has 0 aliphatic carbocycles. The number of thioether (sulfide) groups is 1. The van der Waals surface area contributed by atoms with Gasteiger partial charge in [-0.25, -0.2) is 0 Å². The molecular formula is C19H18ClNO4S. The van der Waals surface area contributed by atoms with Gasteiger partial charge in [-0.15, -0.1) is 11.8 Å². The Bertz CT molecular complexity index is 781. The molecule has 1 aliphatic heterocycles. The second kappa shape index (κ2) is 8.96. The standard InChI is InChI=1S/C19H18ClNO4S/c20-14-5-7-15(8-6-14)26-12-11-25-19(23)13-21-16-3-1-2-4-17(16)24-10-9-18(21)22/h1-8H,9-13H2. The molecule has 26 heavy (non-hydrogen) atoms. The van der Waals surface area contributed by atoms with E-state index in [4.69, 9.17) is 21.1 Å². The zero-order valence-electron chi connectivity index (χ0n) is 14.0. The molecule has 2 aromatic carbocycles. The Morgan fingerprint density at radius 3 is 2.77 bits per heavy atom. The molecule has 0 radical (unpaired) electrons. The van der Waals surface area contributed by atoms with E-state index in [9.17, 15) is 9.59 Å². The zero-order valence-corrected chi connectivity index (χ0v) is 15.6. The van der Waals surface area contributed by atoms with Crippen molar-refractivity contribution in [3.05, 3.63) is 53.6 Å². The summed E-state index contributed by atoms with van der Waals surface area (Å²) >= 11 is 7.42. The molecule has 1 amide bonds. The van der Waals surface area contributed by atoms with E-state index in [1.807, 2.05) is 36.4 Å². The van der Waals surface area contributed by atoms with Gasteiger partial charge in [0.25, 0.3) is 0 Å². The van der Waals surface area contributed by atoms with E-state index in [0.717, 1.165) is 4.90 Å². The van der Waals surface area contributed by atoms with Crippen molar-refractivity contribution in [2.75, 3.05) is 30.4 Å². The molecule has 3 rings (SSSR count). The normalized spacial score (nSPS) is 13.6. The van der Waals surface area contributed by atoms with Crippen molar-refractivity contribution in [1.29, 1.82) is 0 Å². The summed E-state index contributed by atoms with van der Waals surface area (Å²) in [5, 5.41) is 0.687. The Labute approximate surface area is 161 Å². The van der Waals surface area contributed by atoms with E-state index in [1.54, 1.807) is 23.9 Å². The average molecular weight is 392 g/mol. The minimum Gasteiger partial charge on any atom is -0.491 e. The lowest BCUT2D eigenvalue weighted by Gasteiger charge is -2.20. The molecule has 0 saturated heterocycles. The third-order valence-electron chi connectivity index (χ3n) is 3.75. The van der Waals surface area contributed by atoms with E-state index in [-0.39, 0.29) is 25.5 Å². The zero-order chi connectivity index (χ0) is 18.4. The molecule has 0 saturated carbocycles. The van der Waals surface area contributed by atoms with Gasteiger partial charge in [0.2, 0.25) is 5.91 Å². The van der Waals surface area contributed by atoms with Crippen LogP contribution in [0.4, 0.5) is 5.69 Å². The number of carbonyl (C=O) groups is 2. The molecule has 0 aromatic heterocycles. The van der Waals surface area contributed by atoms with Crippen LogP contribution in [0.1, 0.15) is 6.42 Å². The van der Waals surface area contributed by atoms with Gasteiger partial charge in [0.15, 0.2) is 0 Å². The number of para-hydroxylation sites is 2. The first-order chi connectivity index (χ1) is 12.6. The highest BCUT2D eigenvalue weighted by atomic mass is 35.5. The van der Waals surface area contributed by atoms with Crippen molar-refractivity contribution < 1.29 is 19.1 Å². The van der Waals surface area contributed by atoms with Gasteiger partial charge in [-0.3, -0.25) is 14.5 Å². The Balaban J connectivity index is 1.51. The van der Waals surface area contributed by atoms with Crippen LogP contribution in [0.15, 0.2) is 53.4 Å². The summed E-state index contributed by atoms with van der Waals surface area (Å²) in [7, 11) is 0. The van der Waals surface area contributed by atoms with Crippen molar-refractivity contribution in [2.45, 2.75) is 11.3 Å². The smallest absolute Gasteiger partial charge is 0.326 e. The van der Waals surface area contributed by atoms with Crippen molar-refractivity contribution in [2.24, 2.45) is 0 Å². The molecule has 1 heterocycles. The second-order valence-corrected chi connectivity index (χ2v) is 7.17. The largest absolute Gasteiger partial charge is 0.491 e. The fourth-order valence-corrected chi connectivity index (χ4v) is 3.37. The number of hydrogen-bond acceptors (Lipinski definition) is 5. The first-order valence-electron chi connectivity index (χ1n) is 8.19. The van der Waals surface area contributed by atoms with Crippen molar-refractivity contribution in [3.8, 4) is 5.75 Å². The Morgan fingerprint density at radius 1 is 1.19 bits per heavy atom. The van der Waals surface area contributed by atoms with Gasteiger partial charge in [-0.1, -0.05) is 23.7 Å². The van der Waals surface area contributed by atoms with Crippen LogP contribution in [0.3, 0.4) is 0 Å². The molecule has 0 unspecified atom stereocenters. The summed E-state index contributed by atoms with van der Waals surface area (Å²) in [6.45, 7) is 0.455. The predicted molar refractivity (Wildman–Crippen MR) is 102 cm³/mol. The maximum absolute atomic E-state index is 12.3. The summed E-state index contributed by atoms with van der Waals surface area (Å²) in [5.41, 5.74) is 0.600. The summed E-state index contributed by atoms with van der Waals surface area (Å²) in [6.07, 6.45) is 0.231. The van der Waals surface area contributed by atoms with Crippen LogP contribution in [0.25, 0.3) is 0 Å². The predicted octanol–water partition coefficient (Wildman–Crippen LogP) is 3.79. The van der Waals surface area contributed by atoms with Gasteiger partial charge in [0.1, 0.15) is 18.9 Å². The van der Waals surface area contributed by atoms with E-state index >= 15 is 0 Å². The van der Waals surface area contributed by atoms with Crippen molar-refractivity contribution in [3.63, 3.8) is 0 Å². The number of rotatable bonds is 6. The highest BCUT2D eigenvalue weighted by Crippen LogP contribution is 2.30. The monoisotopic (exact) mass is 391 g/mol. The molecule has 0 spiro atoms. The number of benzene rings is 2. The maximum Gasteiger partial charge on any atom is 0.326 e. The Hall–Kier alpha value is -2.18. The molecule has 2 aromatic rings. The van der Waals surface area contributed by atoms with E-state index < -0.39 is 5.97 Å². The van der Waals surface area contributed by atoms with Crippen LogP contribution in [-0.4, -0.2) is 37.4 Å². The molecule has 0 N–H and O–H groups in total. The van der Waals surface area contributed by atoms with Gasteiger partial charge in [0.05, 0.1) is 18.7 Å². The van der Waals surface area contributed by atoms with E-state index in [2.05, 4.69) is 0 Å². The minimum absolute atomic E-state index is 0.120. The molecule has 5 nitrogen and oxygen atoms in total. The van der Waals surface area contributed by atoms with Crippen LogP contribution in [0.2, 0.25) is 5.02 Å². The molecule has 7 heteroatoms. The summed E-state index contributed by atoms with van der Waals surface area (Å²) in [6, 6.07) is 14.7. The molecule has 136 valence electrons. The van der Waals surface area contributed by atoms with E-state index in [0.29, 0.717) is 28.8 Å². The van der Waals surface area contributed by atoms with E-state index in [1.165, 1.54) is 4.90 Å². The number of carbonyl (C=O) groups excluding carboxylic acids is 2. The molecule has 0 fully saturated rings. The SMILES string of the molecule is O=C(CN1C(=O)CCOc2ccccc21)OCCSc1ccc(Cl)cc1. The van der Waals surface area contributed by atoms with Crippen LogP contribution in [0.5, 0.6) is 5.75 Å². The topological polar surface area (TPSA) is 55.8 Å². The Kier molecular flexibility index (Phi) is 6.41. The molecular weight excluding hydrogens is 374 g/mol. The first-order valence-corrected chi connectivity index (χ1v) is 9.56. The third kappa shape index (κ3) is 4.93. The summed E-state index contributed by atoms with van der Waals surface area (Å²) in [4.78, 5) is 26.9. The second-order valence-electron chi connectivity index (χ2n) is 5.57. The first kappa shape index (κ1) is 18.6. The number of nitrogens with zero attached hydrogens (tertiary/aromatic N) is 1. The fourth-order valence-electron chi connectivity index (χ4n) is 2.51.